The van der Waals surface area contributed by atoms with E-state index in [4.69, 9.17) is 19.9 Å². The number of hydrogen-bond donors (Lipinski definition) is 0. The van der Waals surface area contributed by atoms with E-state index in [0.29, 0.717) is 0 Å². The van der Waals surface area contributed by atoms with Crippen LogP contribution in [-0.2, 0) is 0 Å². The number of nitrogens with zero attached hydrogens (tertiary/aromatic N) is 8. The molecule has 0 saturated carbocycles. The van der Waals surface area contributed by atoms with E-state index < -0.39 is 0 Å². The standard InChI is InChI=1S/C38H22N8/c1-5-13-31-23(9-1)35(43-19-39-31)27-17-29(37-25-11-3-7-15-33(25)41-21-45-37)30(38-26-12-4-8-16-34(26)42-22-46-38)18-28(27)36-24-10-2-6-14-32(24)40-20-44-36/h1-22H. The fourth-order valence-corrected chi connectivity index (χ4v) is 6.26. The second-order valence-electron chi connectivity index (χ2n) is 10.9. The van der Waals surface area contributed by atoms with Gasteiger partial charge in [0, 0.05) is 43.8 Å². The van der Waals surface area contributed by atoms with Crippen molar-refractivity contribution in [3.05, 3.63) is 135 Å². The Balaban J connectivity index is 1.48. The Morgan fingerprint density at radius 1 is 0.261 bits per heavy atom. The maximum Gasteiger partial charge on any atom is 0.116 e. The summed E-state index contributed by atoms with van der Waals surface area (Å²) in [6.45, 7) is 0. The summed E-state index contributed by atoms with van der Waals surface area (Å²) in [4.78, 5) is 37.8. The summed E-state index contributed by atoms with van der Waals surface area (Å²) in [5.74, 6) is 0. The third-order valence-electron chi connectivity index (χ3n) is 8.35. The van der Waals surface area contributed by atoms with Gasteiger partial charge >= 0.3 is 0 Å². The molecular weight excluding hydrogens is 568 g/mol. The summed E-state index contributed by atoms with van der Waals surface area (Å²) in [5.41, 5.74) is 10.1. The predicted molar refractivity (Wildman–Crippen MR) is 181 cm³/mol. The van der Waals surface area contributed by atoms with Crippen LogP contribution < -0.4 is 0 Å². The normalized spacial score (nSPS) is 11.5. The van der Waals surface area contributed by atoms with Gasteiger partial charge in [-0.25, -0.2) is 39.9 Å². The Bertz CT molecular complexity index is 2240. The molecule has 0 aliphatic carbocycles. The van der Waals surface area contributed by atoms with Crippen molar-refractivity contribution in [1.82, 2.24) is 39.9 Å². The summed E-state index contributed by atoms with van der Waals surface area (Å²) in [6, 6.07) is 36.5. The summed E-state index contributed by atoms with van der Waals surface area (Å²) in [5, 5.41) is 3.73. The zero-order valence-electron chi connectivity index (χ0n) is 24.3. The predicted octanol–water partition coefficient (Wildman–Crippen LogP) is 8.13. The lowest BCUT2D eigenvalue weighted by atomic mass is 9.88. The molecule has 0 N–H and O–H groups in total. The topological polar surface area (TPSA) is 103 Å². The summed E-state index contributed by atoms with van der Waals surface area (Å²) >= 11 is 0. The van der Waals surface area contributed by atoms with E-state index in [1.807, 2.05) is 72.8 Å². The van der Waals surface area contributed by atoms with Crippen LogP contribution in [0.3, 0.4) is 0 Å². The highest BCUT2D eigenvalue weighted by molar-refractivity contribution is 6.08. The summed E-state index contributed by atoms with van der Waals surface area (Å²) in [7, 11) is 0. The van der Waals surface area contributed by atoms with E-state index in [0.717, 1.165) is 88.6 Å². The zero-order chi connectivity index (χ0) is 30.5. The number of aromatic nitrogens is 8. The van der Waals surface area contributed by atoms with Crippen LogP contribution in [0.25, 0.3) is 88.6 Å². The largest absolute Gasteiger partial charge is 0.236 e. The van der Waals surface area contributed by atoms with E-state index in [1.165, 1.54) is 0 Å². The van der Waals surface area contributed by atoms with Crippen LogP contribution in [0, 0.1) is 0 Å². The lowest BCUT2D eigenvalue weighted by Crippen LogP contribution is -2.00. The Morgan fingerprint density at radius 3 is 0.761 bits per heavy atom. The van der Waals surface area contributed by atoms with E-state index in [1.54, 1.807) is 25.3 Å². The molecule has 0 aliphatic heterocycles. The van der Waals surface area contributed by atoms with Crippen molar-refractivity contribution in [3.63, 3.8) is 0 Å². The molecule has 0 spiro atoms. The first-order chi connectivity index (χ1) is 22.8. The van der Waals surface area contributed by atoms with Crippen LogP contribution >= 0.6 is 0 Å². The monoisotopic (exact) mass is 590 g/mol. The van der Waals surface area contributed by atoms with Crippen molar-refractivity contribution in [1.29, 1.82) is 0 Å². The van der Waals surface area contributed by atoms with Crippen molar-refractivity contribution in [2.75, 3.05) is 0 Å². The van der Waals surface area contributed by atoms with Gasteiger partial charge in [-0.05, 0) is 36.4 Å². The smallest absolute Gasteiger partial charge is 0.116 e. The van der Waals surface area contributed by atoms with Crippen molar-refractivity contribution >= 4 is 43.6 Å². The lowest BCUT2D eigenvalue weighted by Gasteiger charge is -2.19. The second kappa shape index (κ2) is 10.6. The average Bonchev–Trinajstić information content (AvgIpc) is 3.13. The third kappa shape index (κ3) is 4.16. The van der Waals surface area contributed by atoms with Crippen LogP contribution in [0.2, 0.25) is 0 Å². The highest BCUT2D eigenvalue weighted by Crippen LogP contribution is 2.45. The molecule has 9 rings (SSSR count). The molecule has 0 amide bonds. The number of para-hydroxylation sites is 4. The number of rotatable bonds is 4. The van der Waals surface area contributed by atoms with E-state index >= 15 is 0 Å². The highest BCUT2D eigenvalue weighted by atomic mass is 14.9. The Labute approximate surface area is 262 Å². The molecule has 46 heavy (non-hydrogen) atoms. The van der Waals surface area contributed by atoms with Gasteiger partial charge in [-0.15, -0.1) is 0 Å². The molecule has 4 aromatic heterocycles. The minimum Gasteiger partial charge on any atom is -0.236 e. The fraction of sp³-hybridized carbons (Fsp3) is 0. The van der Waals surface area contributed by atoms with E-state index in [2.05, 4.69) is 56.3 Å². The maximum atomic E-state index is 4.88. The van der Waals surface area contributed by atoms with Gasteiger partial charge in [0.1, 0.15) is 25.3 Å². The quantitative estimate of drug-likeness (QED) is 0.202. The molecule has 0 unspecified atom stereocenters. The van der Waals surface area contributed by atoms with Crippen molar-refractivity contribution in [2.45, 2.75) is 0 Å². The molecule has 214 valence electrons. The summed E-state index contributed by atoms with van der Waals surface area (Å²) < 4.78 is 0. The van der Waals surface area contributed by atoms with Crippen molar-refractivity contribution in [2.24, 2.45) is 0 Å². The van der Waals surface area contributed by atoms with Gasteiger partial charge in [-0.3, -0.25) is 0 Å². The molecule has 8 heteroatoms. The first-order valence-electron chi connectivity index (χ1n) is 14.8. The van der Waals surface area contributed by atoms with E-state index in [-0.39, 0.29) is 0 Å². The van der Waals surface area contributed by atoms with Crippen LogP contribution in [0.15, 0.2) is 135 Å². The first-order valence-corrected chi connectivity index (χ1v) is 14.8. The van der Waals surface area contributed by atoms with Gasteiger partial charge in [0.05, 0.1) is 44.8 Å². The molecule has 0 radical (unpaired) electrons. The molecule has 9 aromatic rings. The lowest BCUT2D eigenvalue weighted by molar-refractivity contribution is 1.20. The van der Waals surface area contributed by atoms with Crippen LogP contribution in [-0.4, -0.2) is 39.9 Å². The Morgan fingerprint density at radius 2 is 0.500 bits per heavy atom. The fourth-order valence-electron chi connectivity index (χ4n) is 6.26. The van der Waals surface area contributed by atoms with Gasteiger partial charge < -0.3 is 0 Å². The molecule has 0 atom stereocenters. The highest BCUT2D eigenvalue weighted by Gasteiger charge is 2.23. The number of hydrogen-bond acceptors (Lipinski definition) is 8. The molecular formula is C38H22N8. The van der Waals surface area contributed by atoms with Gasteiger partial charge in [-0.1, -0.05) is 72.8 Å². The van der Waals surface area contributed by atoms with Crippen molar-refractivity contribution in [3.8, 4) is 45.0 Å². The zero-order valence-corrected chi connectivity index (χ0v) is 24.3. The average molecular weight is 591 g/mol. The van der Waals surface area contributed by atoms with Gasteiger partial charge in [0.15, 0.2) is 0 Å². The first kappa shape index (κ1) is 25.9. The molecule has 5 aromatic carbocycles. The minimum atomic E-state index is 0.794. The molecule has 8 nitrogen and oxygen atoms in total. The van der Waals surface area contributed by atoms with Gasteiger partial charge in [-0.2, -0.15) is 0 Å². The molecule has 0 aliphatic rings. The maximum absolute atomic E-state index is 4.88. The van der Waals surface area contributed by atoms with Crippen molar-refractivity contribution < 1.29 is 0 Å². The van der Waals surface area contributed by atoms with Gasteiger partial charge in [0.2, 0.25) is 0 Å². The number of fused-ring (bicyclic) bond motifs is 4. The SMILES string of the molecule is c1ccc2c(-c3cc(-c4ncnc5ccccc45)c(-c4ncnc5ccccc45)cc3-c3ncnc4ccccc34)ncnc2c1. The minimum absolute atomic E-state index is 0.794. The molecule has 0 saturated heterocycles. The third-order valence-corrected chi connectivity index (χ3v) is 8.35. The van der Waals surface area contributed by atoms with Gasteiger partial charge in [0.25, 0.3) is 0 Å². The van der Waals surface area contributed by atoms with Crippen LogP contribution in [0.1, 0.15) is 0 Å². The molecule has 0 bridgehead atoms. The Kier molecular flexibility index (Phi) is 5.95. The summed E-state index contributed by atoms with van der Waals surface area (Å²) in [6.07, 6.45) is 6.46. The Hall–Kier alpha value is -6.54. The van der Waals surface area contributed by atoms with Crippen LogP contribution in [0.5, 0.6) is 0 Å². The van der Waals surface area contributed by atoms with Crippen LogP contribution in [0.4, 0.5) is 0 Å². The second-order valence-corrected chi connectivity index (χ2v) is 10.9. The number of benzene rings is 5. The molecule has 4 heterocycles. The molecule has 0 fully saturated rings. The van der Waals surface area contributed by atoms with E-state index in [9.17, 15) is 0 Å².